The minimum absolute atomic E-state index is 0.0509. The molecule has 5 heteroatoms. The number of hydrogen-bond donors (Lipinski definition) is 2. The number of rotatable bonds is 8. The van der Waals surface area contributed by atoms with Gasteiger partial charge < -0.3 is 15.8 Å². The van der Waals surface area contributed by atoms with Crippen LogP contribution >= 0.6 is 0 Å². The summed E-state index contributed by atoms with van der Waals surface area (Å²) in [4.78, 5) is 22.4. The Kier molecular flexibility index (Phi) is 8.40. The Hall–Kier alpha value is -1.10. The molecular formula is C12H24N2O3. The van der Waals surface area contributed by atoms with E-state index in [0.717, 1.165) is 6.42 Å². The van der Waals surface area contributed by atoms with E-state index in [9.17, 15) is 9.59 Å². The molecule has 0 aliphatic carbocycles. The first kappa shape index (κ1) is 15.9. The molecule has 5 nitrogen and oxygen atoms in total. The van der Waals surface area contributed by atoms with Gasteiger partial charge in [0.2, 0.25) is 5.91 Å². The first-order valence-electron chi connectivity index (χ1n) is 6.03. The summed E-state index contributed by atoms with van der Waals surface area (Å²) in [6.45, 7) is 5.06. The number of esters is 1. The van der Waals surface area contributed by atoms with E-state index in [0.29, 0.717) is 25.4 Å². The van der Waals surface area contributed by atoms with E-state index in [-0.39, 0.29) is 24.2 Å². The molecule has 1 atom stereocenters. The average Bonchev–Trinajstić information content (AvgIpc) is 2.27. The quantitative estimate of drug-likeness (QED) is 0.615. The van der Waals surface area contributed by atoms with Crippen LogP contribution in [0.25, 0.3) is 0 Å². The van der Waals surface area contributed by atoms with Crippen LogP contribution in [-0.2, 0) is 14.3 Å². The van der Waals surface area contributed by atoms with Crippen LogP contribution in [0.15, 0.2) is 0 Å². The molecule has 100 valence electrons. The average molecular weight is 244 g/mol. The van der Waals surface area contributed by atoms with Gasteiger partial charge in [0.15, 0.2) is 0 Å². The third kappa shape index (κ3) is 8.68. The van der Waals surface area contributed by atoms with Crippen LogP contribution in [0.4, 0.5) is 0 Å². The molecule has 0 fully saturated rings. The third-order valence-electron chi connectivity index (χ3n) is 2.49. The molecule has 0 aliphatic heterocycles. The lowest BCUT2D eigenvalue weighted by molar-refractivity contribution is -0.140. The highest BCUT2D eigenvalue weighted by molar-refractivity contribution is 5.77. The van der Waals surface area contributed by atoms with E-state index < -0.39 is 0 Å². The molecule has 0 bridgehead atoms. The van der Waals surface area contributed by atoms with Gasteiger partial charge in [-0.3, -0.25) is 9.59 Å². The standard InChI is InChI=1S/C12H24N2O3/c1-9(2)6-10(8-13)7-11(15)14-5-4-12(16)17-3/h9-10H,4-8,13H2,1-3H3,(H,14,15). The summed E-state index contributed by atoms with van der Waals surface area (Å²) in [5.41, 5.74) is 5.61. The molecule has 3 N–H and O–H groups in total. The molecule has 1 amide bonds. The number of hydrogen-bond acceptors (Lipinski definition) is 4. The first-order chi connectivity index (χ1) is 7.99. The minimum Gasteiger partial charge on any atom is -0.469 e. The number of ether oxygens (including phenoxy) is 1. The van der Waals surface area contributed by atoms with Crippen molar-refractivity contribution >= 4 is 11.9 Å². The van der Waals surface area contributed by atoms with Crippen molar-refractivity contribution in [3.63, 3.8) is 0 Å². The Morgan fingerprint density at radius 3 is 2.47 bits per heavy atom. The second kappa shape index (κ2) is 8.98. The molecule has 0 aromatic carbocycles. The molecule has 0 saturated carbocycles. The molecule has 0 aliphatic rings. The SMILES string of the molecule is COC(=O)CCNC(=O)CC(CN)CC(C)C. The van der Waals surface area contributed by atoms with Crippen molar-refractivity contribution < 1.29 is 14.3 Å². The monoisotopic (exact) mass is 244 g/mol. The fraction of sp³-hybridized carbons (Fsp3) is 0.833. The summed E-state index contributed by atoms with van der Waals surface area (Å²) in [5.74, 6) is 0.382. The first-order valence-corrected chi connectivity index (χ1v) is 6.03. The smallest absolute Gasteiger partial charge is 0.307 e. The molecule has 0 spiro atoms. The summed E-state index contributed by atoms with van der Waals surface area (Å²) >= 11 is 0. The zero-order valence-electron chi connectivity index (χ0n) is 11.0. The van der Waals surface area contributed by atoms with Crippen LogP contribution < -0.4 is 11.1 Å². The Morgan fingerprint density at radius 1 is 1.35 bits per heavy atom. The van der Waals surface area contributed by atoms with E-state index in [2.05, 4.69) is 23.9 Å². The summed E-state index contributed by atoms with van der Waals surface area (Å²) in [5, 5.41) is 2.69. The molecule has 0 aromatic rings. The normalized spacial score (nSPS) is 12.3. The van der Waals surface area contributed by atoms with Crippen molar-refractivity contribution in [1.82, 2.24) is 5.32 Å². The van der Waals surface area contributed by atoms with Crippen molar-refractivity contribution in [3.05, 3.63) is 0 Å². The van der Waals surface area contributed by atoms with Gasteiger partial charge in [0.1, 0.15) is 0 Å². The van der Waals surface area contributed by atoms with Gasteiger partial charge in [0.25, 0.3) is 0 Å². The van der Waals surface area contributed by atoms with Gasteiger partial charge in [-0.1, -0.05) is 13.8 Å². The van der Waals surface area contributed by atoms with E-state index in [1.54, 1.807) is 0 Å². The molecule has 0 saturated heterocycles. The number of nitrogens with one attached hydrogen (secondary N) is 1. The third-order valence-corrected chi connectivity index (χ3v) is 2.49. The predicted octanol–water partition coefficient (Wildman–Crippen LogP) is 0.677. The summed E-state index contributed by atoms with van der Waals surface area (Å²) < 4.78 is 4.48. The molecule has 1 unspecified atom stereocenters. The van der Waals surface area contributed by atoms with Crippen molar-refractivity contribution in [3.8, 4) is 0 Å². The summed E-state index contributed by atoms with van der Waals surface area (Å²) in [7, 11) is 1.33. The van der Waals surface area contributed by atoms with Gasteiger partial charge in [-0.25, -0.2) is 0 Å². The molecule has 0 heterocycles. The Labute approximate surface area is 103 Å². The van der Waals surface area contributed by atoms with Gasteiger partial charge in [0, 0.05) is 13.0 Å². The van der Waals surface area contributed by atoms with Gasteiger partial charge >= 0.3 is 5.97 Å². The van der Waals surface area contributed by atoms with Crippen LogP contribution in [-0.4, -0.2) is 32.1 Å². The van der Waals surface area contributed by atoms with E-state index in [1.807, 2.05) is 0 Å². The molecule has 0 rings (SSSR count). The number of amides is 1. The number of carbonyl (C=O) groups excluding carboxylic acids is 2. The topological polar surface area (TPSA) is 81.4 Å². The van der Waals surface area contributed by atoms with Gasteiger partial charge in [0.05, 0.1) is 13.5 Å². The van der Waals surface area contributed by atoms with E-state index in [1.165, 1.54) is 7.11 Å². The van der Waals surface area contributed by atoms with Gasteiger partial charge in [-0.15, -0.1) is 0 Å². The highest BCUT2D eigenvalue weighted by Gasteiger charge is 2.14. The molecular weight excluding hydrogens is 220 g/mol. The largest absolute Gasteiger partial charge is 0.469 e. The molecule has 0 aromatic heterocycles. The molecule has 0 radical (unpaired) electrons. The fourth-order valence-corrected chi connectivity index (χ4v) is 1.67. The summed E-state index contributed by atoms with van der Waals surface area (Å²) in [6.07, 6.45) is 1.58. The number of carbonyl (C=O) groups is 2. The van der Waals surface area contributed by atoms with Crippen LogP contribution in [0.3, 0.4) is 0 Å². The maximum atomic E-state index is 11.5. The highest BCUT2D eigenvalue weighted by atomic mass is 16.5. The Bertz CT molecular complexity index is 242. The second-order valence-electron chi connectivity index (χ2n) is 4.61. The minimum atomic E-state index is -0.317. The van der Waals surface area contributed by atoms with Crippen molar-refractivity contribution in [2.24, 2.45) is 17.6 Å². The predicted molar refractivity (Wildman–Crippen MR) is 66.3 cm³/mol. The van der Waals surface area contributed by atoms with Crippen molar-refractivity contribution in [2.75, 3.05) is 20.2 Å². The van der Waals surface area contributed by atoms with Crippen molar-refractivity contribution in [2.45, 2.75) is 33.1 Å². The second-order valence-corrected chi connectivity index (χ2v) is 4.61. The lowest BCUT2D eigenvalue weighted by atomic mass is 9.94. The maximum absolute atomic E-state index is 11.5. The maximum Gasteiger partial charge on any atom is 0.307 e. The highest BCUT2D eigenvalue weighted by Crippen LogP contribution is 2.13. The van der Waals surface area contributed by atoms with Gasteiger partial charge in [-0.05, 0) is 24.8 Å². The van der Waals surface area contributed by atoms with Crippen LogP contribution in [0.2, 0.25) is 0 Å². The summed E-state index contributed by atoms with van der Waals surface area (Å²) in [6, 6.07) is 0. The fourth-order valence-electron chi connectivity index (χ4n) is 1.67. The van der Waals surface area contributed by atoms with E-state index >= 15 is 0 Å². The van der Waals surface area contributed by atoms with Crippen LogP contribution in [0.5, 0.6) is 0 Å². The number of nitrogens with two attached hydrogens (primary N) is 1. The van der Waals surface area contributed by atoms with Crippen molar-refractivity contribution in [1.29, 1.82) is 0 Å². The Morgan fingerprint density at radius 2 is 2.00 bits per heavy atom. The molecule has 17 heavy (non-hydrogen) atoms. The zero-order valence-corrected chi connectivity index (χ0v) is 11.0. The Balaban J connectivity index is 3.79. The number of methoxy groups -OCH3 is 1. The van der Waals surface area contributed by atoms with Crippen LogP contribution in [0.1, 0.15) is 33.1 Å². The van der Waals surface area contributed by atoms with E-state index in [4.69, 9.17) is 5.73 Å². The lowest BCUT2D eigenvalue weighted by Gasteiger charge is -2.16. The zero-order chi connectivity index (χ0) is 13.3. The lowest BCUT2D eigenvalue weighted by Crippen LogP contribution is -2.30. The van der Waals surface area contributed by atoms with Gasteiger partial charge in [-0.2, -0.15) is 0 Å². The van der Waals surface area contributed by atoms with Crippen LogP contribution in [0, 0.1) is 11.8 Å².